The average Bonchev–Trinajstić information content (AvgIpc) is 2.55. The average molecular weight is 281 g/mol. The van der Waals surface area contributed by atoms with Gasteiger partial charge in [-0.25, -0.2) is 4.98 Å². The molecule has 1 aliphatic rings. The Labute approximate surface area is 124 Å². The highest BCUT2D eigenvalue weighted by atomic mass is 16.1. The number of anilines is 2. The number of carbonyl (C=O) groups excluding carboxylic acids is 1. The Morgan fingerprint density at radius 2 is 2.10 bits per heavy atom. The third kappa shape index (κ3) is 2.75. The van der Waals surface area contributed by atoms with Gasteiger partial charge in [0.2, 0.25) is 0 Å². The number of fused-ring (bicyclic) bond motifs is 1. The van der Waals surface area contributed by atoms with Gasteiger partial charge in [0.15, 0.2) is 0 Å². The smallest absolute Gasteiger partial charge is 0.269 e. The fourth-order valence-electron chi connectivity index (χ4n) is 2.72. The fourth-order valence-corrected chi connectivity index (χ4v) is 2.72. The predicted octanol–water partition coefficient (Wildman–Crippen LogP) is 2.92. The van der Waals surface area contributed by atoms with E-state index in [2.05, 4.69) is 33.4 Å². The lowest BCUT2D eigenvalue weighted by Crippen LogP contribution is -2.27. The maximum Gasteiger partial charge on any atom is 0.269 e. The van der Waals surface area contributed by atoms with Gasteiger partial charge in [-0.15, -0.1) is 0 Å². The molecular formula is C17H19N3O. The van der Waals surface area contributed by atoms with E-state index in [9.17, 15) is 4.79 Å². The fraction of sp³-hybridized carbons (Fsp3) is 0.294. The van der Waals surface area contributed by atoms with E-state index in [4.69, 9.17) is 0 Å². The Bertz CT molecular complexity index is 654. The molecule has 0 unspecified atom stereocenters. The van der Waals surface area contributed by atoms with Crippen molar-refractivity contribution in [1.82, 2.24) is 10.3 Å². The van der Waals surface area contributed by atoms with Crippen molar-refractivity contribution in [2.75, 3.05) is 18.0 Å². The molecule has 1 N–H and O–H groups in total. The van der Waals surface area contributed by atoms with Gasteiger partial charge in [0, 0.05) is 18.8 Å². The molecule has 0 bridgehead atoms. The molecule has 1 aromatic carbocycles. The van der Waals surface area contributed by atoms with Crippen LogP contribution in [0.1, 0.15) is 29.4 Å². The second kappa shape index (κ2) is 5.95. The van der Waals surface area contributed by atoms with Gasteiger partial charge in [-0.3, -0.25) is 4.79 Å². The van der Waals surface area contributed by atoms with E-state index in [0.717, 1.165) is 25.2 Å². The van der Waals surface area contributed by atoms with Crippen LogP contribution in [0.5, 0.6) is 0 Å². The van der Waals surface area contributed by atoms with E-state index in [1.165, 1.54) is 11.3 Å². The van der Waals surface area contributed by atoms with Crippen LogP contribution in [-0.2, 0) is 6.42 Å². The van der Waals surface area contributed by atoms with Crippen LogP contribution in [0.2, 0.25) is 0 Å². The molecule has 2 aromatic rings. The SMILES string of the molecule is CCNC(=O)c1cccc(N2CCCc3ccccc32)n1. The number of nitrogens with zero attached hydrogens (tertiary/aromatic N) is 2. The summed E-state index contributed by atoms with van der Waals surface area (Å²) < 4.78 is 0. The van der Waals surface area contributed by atoms with E-state index < -0.39 is 0 Å². The lowest BCUT2D eigenvalue weighted by Gasteiger charge is -2.30. The molecule has 21 heavy (non-hydrogen) atoms. The highest BCUT2D eigenvalue weighted by Crippen LogP contribution is 2.32. The van der Waals surface area contributed by atoms with Crippen molar-refractivity contribution < 1.29 is 4.79 Å². The van der Waals surface area contributed by atoms with Gasteiger partial charge >= 0.3 is 0 Å². The number of rotatable bonds is 3. The molecule has 108 valence electrons. The summed E-state index contributed by atoms with van der Waals surface area (Å²) in [6.45, 7) is 3.45. The number of nitrogens with one attached hydrogen (secondary N) is 1. The van der Waals surface area contributed by atoms with Crippen LogP contribution in [0.3, 0.4) is 0 Å². The topological polar surface area (TPSA) is 45.2 Å². The van der Waals surface area contributed by atoms with Crippen molar-refractivity contribution in [2.24, 2.45) is 0 Å². The molecule has 0 radical (unpaired) electrons. The zero-order chi connectivity index (χ0) is 14.7. The monoisotopic (exact) mass is 281 g/mol. The van der Waals surface area contributed by atoms with Crippen LogP contribution < -0.4 is 10.2 Å². The van der Waals surface area contributed by atoms with Crippen molar-refractivity contribution in [3.8, 4) is 0 Å². The molecular weight excluding hydrogens is 262 g/mol. The van der Waals surface area contributed by atoms with Crippen molar-refractivity contribution in [1.29, 1.82) is 0 Å². The molecule has 0 spiro atoms. The van der Waals surface area contributed by atoms with Gasteiger partial charge in [0.05, 0.1) is 0 Å². The van der Waals surface area contributed by atoms with Crippen LogP contribution >= 0.6 is 0 Å². The van der Waals surface area contributed by atoms with E-state index in [1.807, 2.05) is 25.1 Å². The van der Waals surface area contributed by atoms with E-state index in [-0.39, 0.29) is 5.91 Å². The molecule has 0 atom stereocenters. The number of para-hydroxylation sites is 1. The van der Waals surface area contributed by atoms with Gasteiger partial charge in [-0.1, -0.05) is 24.3 Å². The minimum Gasteiger partial charge on any atom is -0.351 e. The van der Waals surface area contributed by atoms with E-state index in [0.29, 0.717) is 12.2 Å². The minimum absolute atomic E-state index is 0.121. The van der Waals surface area contributed by atoms with E-state index >= 15 is 0 Å². The molecule has 0 aliphatic carbocycles. The first-order valence-electron chi connectivity index (χ1n) is 7.40. The summed E-state index contributed by atoms with van der Waals surface area (Å²) in [6.07, 6.45) is 2.20. The molecule has 3 rings (SSSR count). The number of amides is 1. The maximum atomic E-state index is 11.9. The Hall–Kier alpha value is -2.36. The molecule has 1 aromatic heterocycles. The lowest BCUT2D eigenvalue weighted by atomic mass is 10.0. The molecule has 2 heterocycles. The highest BCUT2D eigenvalue weighted by molar-refractivity contribution is 5.92. The molecule has 0 fully saturated rings. The molecule has 0 saturated heterocycles. The van der Waals surface area contributed by atoms with Crippen LogP contribution in [0.25, 0.3) is 0 Å². The van der Waals surface area contributed by atoms with Crippen molar-refractivity contribution in [3.05, 3.63) is 53.7 Å². The molecule has 1 amide bonds. The third-order valence-corrected chi connectivity index (χ3v) is 3.69. The highest BCUT2D eigenvalue weighted by Gasteiger charge is 2.19. The number of carbonyl (C=O) groups is 1. The number of aromatic nitrogens is 1. The predicted molar refractivity (Wildman–Crippen MR) is 84.0 cm³/mol. The molecule has 4 nitrogen and oxygen atoms in total. The zero-order valence-corrected chi connectivity index (χ0v) is 12.2. The third-order valence-electron chi connectivity index (χ3n) is 3.69. The number of benzene rings is 1. The van der Waals surface area contributed by atoms with E-state index in [1.54, 1.807) is 6.07 Å². The Morgan fingerprint density at radius 1 is 1.24 bits per heavy atom. The summed E-state index contributed by atoms with van der Waals surface area (Å²) in [4.78, 5) is 18.7. The van der Waals surface area contributed by atoms with Gasteiger partial charge in [-0.05, 0) is 43.5 Å². The molecule has 0 saturated carbocycles. The summed E-state index contributed by atoms with van der Waals surface area (Å²) in [5.41, 5.74) is 3.01. The summed E-state index contributed by atoms with van der Waals surface area (Å²) in [5.74, 6) is 0.718. The second-order valence-corrected chi connectivity index (χ2v) is 5.12. The van der Waals surface area contributed by atoms with Crippen LogP contribution in [-0.4, -0.2) is 24.0 Å². The largest absolute Gasteiger partial charge is 0.351 e. The normalized spacial score (nSPS) is 13.7. The molecule has 1 aliphatic heterocycles. The first kappa shape index (κ1) is 13.6. The van der Waals surface area contributed by atoms with Crippen molar-refractivity contribution in [2.45, 2.75) is 19.8 Å². The lowest BCUT2D eigenvalue weighted by molar-refractivity contribution is 0.0951. The summed E-state index contributed by atoms with van der Waals surface area (Å²) in [5, 5.41) is 2.79. The number of pyridine rings is 1. The van der Waals surface area contributed by atoms with Gasteiger partial charge in [0.25, 0.3) is 5.91 Å². The minimum atomic E-state index is -0.121. The second-order valence-electron chi connectivity index (χ2n) is 5.12. The first-order valence-corrected chi connectivity index (χ1v) is 7.40. The maximum absolute atomic E-state index is 11.9. The van der Waals surface area contributed by atoms with Gasteiger partial charge in [0.1, 0.15) is 11.5 Å². The van der Waals surface area contributed by atoms with Crippen LogP contribution in [0.4, 0.5) is 11.5 Å². The van der Waals surface area contributed by atoms with Crippen LogP contribution in [0.15, 0.2) is 42.5 Å². The zero-order valence-electron chi connectivity index (χ0n) is 12.2. The Kier molecular flexibility index (Phi) is 3.86. The first-order chi connectivity index (χ1) is 10.3. The van der Waals surface area contributed by atoms with Crippen LogP contribution in [0, 0.1) is 0 Å². The van der Waals surface area contributed by atoms with Crippen molar-refractivity contribution >= 4 is 17.4 Å². The summed E-state index contributed by atoms with van der Waals surface area (Å²) >= 11 is 0. The summed E-state index contributed by atoms with van der Waals surface area (Å²) in [6, 6.07) is 14.0. The number of hydrogen-bond donors (Lipinski definition) is 1. The number of aryl methyl sites for hydroxylation is 1. The number of hydrogen-bond acceptors (Lipinski definition) is 3. The van der Waals surface area contributed by atoms with Crippen molar-refractivity contribution in [3.63, 3.8) is 0 Å². The quantitative estimate of drug-likeness (QED) is 0.941. The standard InChI is InChI=1S/C17H19N3O/c1-2-18-17(21)14-9-5-11-16(19-14)20-12-6-8-13-7-3-4-10-15(13)20/h3-5,7,9-11H,2,6,8,12H2,1H3,(H,18,21). The summed E-state index contributed by atoms with van der Waals surface area (Å²) in [7, 11) is 0. The Morgan fingerprint density at radius 3 is 2.95 bits per heavy atom. The Balaban J connectivity index is 1.95. The van der Waals surface area contributed by atoms with Gasteiger partial charge in [-0.2, -0.15) is 0 Å². The van der Waals surface area contributed by atoms with Gasteiger partial charge < -0.3 is 10.2 Å². The molecule has 4 heteroatoms.